The molecule has 3 rings (SSSR count). The van der Waals surface area contributed by atoms with Gasteiger partial charge < -0.3 is 20.9 Å². The molecule has 9 nitrogen and oxygen atoms in total. The lowest BCUT2D eigenvalue weighted by molar-refractivity contribution is -0.150. The van der Waals surface area contributed by atoms with Gasteiger partial charge in [-0.2, -0.15) is 0 Å². The summed E-state index contributed by atoms with van der Waals surface area (Å²) in [6.07, 6.45) is -0.0679. The highest BCUT2D eigenvalue weighted by Crippen LogP contribution is 2.41. The summed E-state index contributed by atoms with van der Waals surface area (Å²) < 4.78 is 4.59. The predicted octanol–water partition coefficient (Wildman–Crippen LogP) is 0.0510. The predicted molar refractivity (Wildman–Crippen MR) is 102 cm³/mol. The summed E-state index contributed by atoms with van der Waals surface area (Å²) in [5.74, 6) is -2.40. The molecule has 2 aliphatic rings. The summed E-state index contributed by atoms with van der Waals surface area (Å²) in [4.78, 5) is 50.9. The topological polar surface area (TPSA) is 139 Å². The maximum absolute atomic E-state index is 12.5. The Morgan fingerprint density at radius 1 is 1.32 bits per heavy atom. The van der Waals surface area contributed by atoms with Gasteiger partial charge in [0.2, 0.25) is 5.91 Å². The van der Waals surface area contributed by atoms with Crippen molar-refractivity contribution in [3.8, 4) is 0 Å². The highest BCUT2D eigenvalue weighted by Gasteiger charge is 2.54. The van der Waals surface area contributed by atoms with Crippen molar-refractivity contribution in [2.45, 2.75) is 30.8 Å². The molecule has 1 fully saturated rings. The fourth-order valence-electron chi connectivity index (χ4n) is 3.08. The van der Waals surface area contributed by atoms with E-state index >= 15 is 0 Å². The molecule has 150 valence electrons. The molecule has 1 saturated heterocycles. The lowest BCUT2D eigenvalue weighted by Crippen LogP contribution is -2.70. The molecule has 2 amide bonds. The van der Waals surface area contributed by atoms with E-state index < -0.39 is 29.3 Å². The number of carbonyl (C=O) groups is 4. The molecule has 2 atom stereocenters. The van der Waals surface area contributed by atoms with Gasteiger partial charge in [-0.3, -0.25) is 19.3 Å². The zero-order chi connectivity index (χ0) is 20.4. The zero-order valence-electron chi connectivity index (χ0n) is 15.0. The molecule has 0 aliphatic carbocycles. The van der Waals surface area contributed by atoms with Gasteiger partial charge in [0.1, 0.15) is 17.1 Å². The second-order valence-electron chi connectivity index (χ2n) is 6.21. The minimum Gasteiger partial charge on any atom is -0.477 e. The summed E-state index contributed by atoms with van der Waals surface area (Å²) >= 11 is 2.74. The number of carboxylic acids is 1. The number of thiophene rings is 1. The Bertz CT molecular complexity index is 865. The van der Waals surface area contributed by atoms with Gasteiger partial charge in [0.15, 0.2) is 0 Å². The van der Waals surface area contributed by atoms with Gasteiger partial charge in [0.25, 0.3) is 5.91 Å². The molecule has 0 aromatic carbocycles. The zero-order valence-corrected chi connectivity index (χ0v) is 16.6. The summed E-state index contributed by atoms with van der Waals surface area (Å²) in [6, 6.07) is 2.88. The van der Waals surface area contributed by atoms with E-state index in [9.17, 15) is 24.3 Å². The van der Waals surface area contributed by atoms with Gasteiger partial charge >= 0.3 is 11.9 Å². The molecule has 11 heteroatoms. The summed E-state index contributed by atoms with van der Waals surface area (Å²) in [7, 11) is 1.21. The normalized spacial score (nSPS) is 21.1. The molecule has 2 aliphatic heterocycles. The van der Waals surface area contributed by atoms with Crippen LogP contribution >= 0.6 is 23.1 Å². The smallest absolute Gasteiger partial charge is 0.352 e. The molecule has 1 aromatic heterocycles. The van der Waals surface area contributed by atoms with E-state index in [0.29, 0.717) is 12.1 Å². The molecule has 4 N–H and O–H groups in total. The minimum atomic E-state index is -1.28. The number of methoxy groups -OCH3 is 1. The first-order chi connectivity index (χ1) is 13.3. The van der Waals surface area contributed by atoms with Gasteiger partial charge in [0.05, 0.1) is 20.0 Å². The van der Waals surface area contributed by atoms with Crippen LogP contribution in [0.15, 0.2) is 23.4 Å². The van der Waals surface area contributed by atoms with Gasteiger partial charge in [-0.1, -0.05) is 0 Å². The third kappa shape index (κ3) is 3.91. The Hall–Kier alpha value is -2.37. The quantitative estimate of drug-likeness (QED) is 0.411. The van der Waals surface area contributed by atoms with Crippen LogP contribution in [0.3, 0.4) is 0 Å². The van der Waals surface area contributed by atoms with E-state index in [1.807, 2.05) is 12.1 Å². The first-order valence-electron chi connectivity index (χ1n) is 8.39. The minimum absolute atomic E-state index is 0.126. The third-order valence-corrected chi connectivity index (χ3v) is 6.85. The molecule has 28 heavy (non-hydrogen) atoms. The van der Waals surface area contributed by atoms with E-state index in [2.05, 4.69) is 10.1 Å². The number of hydrogen-bond donors (Lipinski definition) is 3. The number of rotatable bonds is 7. The van der Waals surface area contributed by atoms with Crippen LogP contribution in [0.25, 0.3) is 0 Å². The van der Waals surface area contributed by atoms with E-state index in [1.165, 1.54) is 30.2 Å². The Labute approximate surface area is 168 Å². The van der Waals surface area contributed by atoms with Gasteiger partial charge in [0, 0.05) is 22.1 Å². The Kier molecular flexibility index (Phi) is 6.06. The lowest BCUT2D eigenvalue weighted by atomic mass is 10.0. The number of carbonyl (C=O) groups excluding carboxylic acids is 3. The number of aliphatic carboxylic acids is 1. The van der Waals surface area contributed by atoms with Crippen LogP contribution in [0.2, 0.25) is 0 Å². The molecule has 0 radical (unpaired) electrons. The number of nitrogens with one attached hydrogen (secondary N) is 1. The Balaban J connectivity index is 1.68. The first-order valence-corrected chi connectivity index (χ1v) is 10.3. The van der Waals surface area contributed by atoms with Crippen molar-refractivity contribution in [3.05, 3.63) is 33.2 Å². The standard InChI is InChI=1S/C17H19N3O6S2/c1-26-12(22)4-8-7-27-16-13(15(23)20(16)14(8)17(24)25)19-11(21)5-9-2-3-10(6-18)28-9/h2-3,13,16H,4-7,18H2,1H3,(H,19,21)(H,24,25)/t13-,16+/m1/s1. The van der Waals surface area contributed by atoms with Crippen LogP contribution in [0, 0.1) is 0 Å². The molecule has 0 saturated carbocycles. The number of β-lactam (4-membered cyclic amide) rings is 1. The molecular formula is C17H19N3O6S2. The second-order valence-corrected chi connectivity index (χ2v) is 8.57. The van der Waals surface area contributed by atoms with Gasteiger partial charge in [-0.15, -0.1) is 23.1 Å². The van der Waals surface area contributed by atoms with E-state index in [-0.39, 0.29) is 30.2 Å². The average molecular weight is 425 g/mol. The van der Waals surface area contributed by atoms with Crippen molar-refractivity contribution in [2.24, 2.45) is 5.73 Å². The summed E-state index contributed by atoms with van der Waals surface area (Å²) in [5, 5.41) is 11.7. The van der Waals surface area contributed by atoms with Gasteiger partial charge in [-0.25, -0.2) is 4.79 Å². The fraction of sp³-hybridized carbons (Fsp3) is 0.412. The van der Waals surface area contributed by atoms with E-state index in [1.54, 1.807) is 0 Å². The van der Waals surface area contributed by atoms with Crippen LogP contribution in [0.5, 0.6) is 0 Å². The molecule has 0 unspecified atom stereocenters. The summed E-state index contributed by atoms with van der Waals surface area (Å²) in [5.41, 5.74) is 5.69. The first kappa shape index (κ1) is 20.4. The second kappa shape index (κ2) is 8.33. The fourth-order valence-corrected chi connectivity index (χ4v) is 5.32. The van der Waals surface area contributed by atoms with Crippen LogP contribution < -0.4 is 11.1 Å². The van der Waals surface area contributed by atoms with E-state index in [4.69, 9.17) is 5.73 Å². The maximum Gasteiger partial charge on any atom is 0.352 e. The van der Waals surface area contributed by atoms with Crippen molar-refractivity contribution in [1.29, 1.82) is 0 Å². The average Bonchev–Trinajstić information content (AvgIpc) is 3.12. The van der Waals surface area contributed by atoms with Crippen molar-refractivity contribution in [2.75, 3.05) is 12.9 Å². The number of nitrogens with zero attached hydrogens (tertiary/aromatic N) is 1. The summed E-state index contributed by atoms with van der Waals surface area (Å²) in [6.45, 7) is 0.402. The largest absolute Gasteiger partial charge is 0.477 e. The van der Waals surface area contributed by atoms with Crippen LogP contribution in [0.1, 0.15) is 16.2 Å². The molecule has 0 bridgehead atoms. The molecule has 3 heterocycles. The van der Waals surface area contributed by atoms with Crippen LogP contribution in [0.4, 0.5) is 0 Å². The van der Waals surface area contributed by atoms with Crippen molar-refractivity contribution < 1.29 is 29.0 Å². The Morgan fingerprint density at radius 2 is 2.04 bits per heavy atom. The highest BCUT2D eigenvalue weighted by atomic mass is 32.2. The van der Waals surface area contributed by atoms with Crippen molar-refractivity contribution in [3.63, 3.8) is 0 Å². The molecule has 0 spiro atoms. The lowest BCUT2D eigenvalue weighted by Gasteiger charge is -2.49. The van der Waals surface area contributed by atoms with Crippen LogP contribution in [-0.2, 0) is 36.9 Å². The number of thioether (sulfide) groups is 1. The number of hydrogen-bond acceptors (Lipinski definition) is 8. The maximum atomic E-state index is 12.5. The third-order valence-electron chi connectivity index (χ3n) is 4.40. The van der Waals surface area contributed by atoms with E-state index in [0.717, 1.165) is 14.7 Å². The monoisotopic (exact) mass is 425 g/mol. The highest BCUT2D eigenvalue weighted by molar-refractivity contribution is 8.00. The number of nitrogens with two attached hydrogens (primary N) is 1. The number of amides is 2. The van der Waals surface area contributed by atoms with Crippen LogP contribution in [-0.4, -0.2) is 58.0 Å². The number of esters is 1. The molecule has 1 aromatic rings. The van der Waals surface area contributed by atoms with Crippen molar-refractivity contribution in [1.82, 2.24) is 10.2 Å². The number of ether oxygens (including phenoxy) is 1. The Morgan fingerprint density at radius 3 is 2.64 bits per heavy atom. The number of carboxylic acid groups (broad SMARTS) is 1. The molecular weight excluding hydrogens is 406 g/mol. The van der Waals surface area contributed by atoms with Crippen molar-refractivity contribution >= 4 is 46.9 Å². The number of fused-ring (bicyclic) bond motifs is 1. The SMILES string of the molecule is COC(=O)CC1=C(C(=O)O)N2C(=O)[C@@H](NC(=O)Cc3ccc(CN)s3)[C@@H]2SC1. The van der Waals surface area contributed by atoms with Gasteiger partial charge in [-0.05, 0) is 17.7 Å².